The van der Waals surface area contributed by atoms with Crippen molar-refractivity contribution in [1.29, 1.82) is 0 Å². The van der Waals surface area contributed by atoms with Crippen LogP contribution in [-0.4, -0.2) is 57.6 Å². The van der Waals surface area contributed by atoms with Gasteiger partial charge in [0.1, 0.15) is 12.6 Å². The number of ether oxygens (including phenoxy) is 2. The number of carbonyl (C=O) groups is 1. The average molecular weight is 246 g/mol. The molecule has 1 atom stereocenters. The zero-order chi connectivity index (χ0) is 13.1. The molecule has 0 heterocycles. The van der Waals surface area contributed by atoms with E-state index in [-0.39, 0.29) is 0 Å². The van der Waals surface area contributed by atoms with Gasteiger partial charge in [-0.25, -0.2) is 4.79 Å². The minimum Gasteiger partial charge on any atom is -0.463 e. The molecule has 0 amide bonds. The number of quaternary nitrogens is 1. The molecule has 0 bridgehead atoms. The highest BCUT2D eigenvalue weighted by molar-refractivity contribution is 5.81. The SMILES string of the molecule is C=CC(=O)OCCCCOCC(O)C[NH+](C)C. The van der Waals surface area contributed by atoms with E-state index in [1.807, 2.05) is 14.1 Å². The van der Waals surface area contributed by atoms with Crippen LogP contribution in [-0.2, 0) is 14.3 Å². The summed E-state index contributed by atoms with van der Waals surface area (Å²) in [5.74, 6) is -0.393. The molecule has 5 nitrogen and oxygen atoms in total. The highest BCUT2D eigenvalue weighted by Gasteiger charge is 2.07. The third-order valence-electron chi connectivity index (χ3n) is 2.05. The lowest BCUT2D eigenvalue weighted by molar-refractivity contribution is -0.861. The largest absolute Gasteiger partial charge is 0.463 e. The van der Waals surface area contributed by atoms with Gasteiger partial charge in [0.15, 0.2) is 0 Å². The Kier molecular flexibility index (Phi) is 9.71. The summed E-state index contributed by atoms with van der Waals surface area (Å²) in [4.78, 5) is 11.9. The first-order valence-corrected chi connectivity index (χ1v) is 5.90. The highest BCUT2D eigenvalue weighted by atomic mass is 16.5. The van der Waals surface area contributed by atoms with Crippen LogP contribution >= 0.6 is 0 Å². The van der Waals surface area contributed by atoms with Crippen LogP contribution in [0.5, 0.6) is 0 Å². The van der Waals surface area contributed by atoms with Gasteiger partial charge in [-0.15, -0.1) is 0 Å². The third-order valence-corrected chi connectivity index (χ3v) is 2.05. The van der Waals surface area contributed by atoms with Gasteiger partial charge < -0.3 is 19.5 Å². The summed E-state index contributed by atoms with van der Waals surface area (Å²) in [7, 11) is 3.97. The number of aliphatic hydroxyl groups is 1. The number of nitrogens with one attached hydrogen (secondary N) is 1. The molecule has 0 fully saturated rings. The Hall–Kier alpha value is -0.910. The van der Waals surface area contributed by atoms with Crippen molar-refractivity contribution in [3.63, 3.8) is 0 Å². The first-order chi connectivity index (χ1) is 8.06. The molecule has 100 valence electrons. The Labute approximate surface area is 103 Å². The molecule has 1 unspecified atom stereocenters. The minimum absolute atomic E-state index is 0.359. The molecule has 0 saturated heterocycles. The number of likely N-dealkylation sites (N-methyl/N-ethyl adjacent to an activating group) is 1. The molecule has 0 aliphatic heterocycles. The van der Waals surface area contributed by atoms with Crippen LogP contribution in [0.15, 0.2) is 12.7 Å². The van der Waals surface area contributed by atoms with Gasteiger partial charge in [0.05, 0.1) is 27.3 Å². The number of hydrogen-bond acceptors (Lipinski definition) is 4. The van der Waals surface area contributed by atoms with Crippen LogP contribution in [0.25, 0.3) is 0 Å². The summed E-state index contributed by atoms with van der Waals surface area (Å²) in [6.45, 7) is 5.30. The molecule has 0 aromatic rings. The lowest BCUT2D eigenvalue weighted by Gasteiger charge is -2.13. The van der Waals surface area contributed by atoms with E-state index in [2.05, 4.69) is 6.58 Å². The molecule has 0 radical (unpaired) electrons. The summed E-state index contributed by atoms with van der Waals surface area (Å²) >= 11 is 0. The standard InChI is InChI=1S/C12H23NO4/c1-4-12(15)17-8-6-5-7-16-10-11(14)9-13(2)3/h4,11,14H,1,5-10H2,2-3H3/p+1. The van der Waals surface area contributed by atoms with Gasteiger partial charge in [0.2, 0.25) is 0 Å². The normalized spacial score (nSPS) is 12.5. The zero-order valence-electron chi connectivity index (χ0n) is 10.8. The van der Waals surface area contributed by atoms with Crippen molar-refractivity contribution in [3.8, 4) is 0 Å². The maximum atomic E-state index is 10.7. The first-order valence-electron chi connectivity index (χ1n) is 5.90. The van der Waals surface area contributed by atoms with Crippen molar-refractivity contribution in [2.45, 2.75) is 18.9 Å². The Morgan fingerprint density at radius 1 is 1.41 bits per heavy atom. The number of aliphatic hydroxyl groups excluding tert-OH is 1. The monoisotopic (exact) mass is 246 g/mol. The van der Waals surface area contributed by atoms with Crippen LogP contribution in [0.1, 0.15) is 12.8 Å². The molecule has 0 spiro atoms. The Balaban J connectivity index is 3.23. The van der Waals surface area contributed by atoms with Crippen molar-refractivity contribution < 1.29 is 24.3 Å². The van der Waals surface area contributed by atoms with E-state index in [1.165, 1.54) is 4.90 Å². The number of rotatable bonds is 10. The molecule has 2 N–H and O–H groups in total. The maximum absolute atomic E-state index is 10.7. The van der Waals surface area contributed by atoms with Crippen molar-refractivity contribution >= 4 is 5.97 Å². The summed E-state index contributed by atoms with van der Waals surface area (Å²) in [5.41, 5.74) is 0. The van der Waals surface area contributed by atoms with Gasteiger partial charge in [-0.3, -0.25) is 0 Å². The molecule has 17 heavy (non-hydrogen) atoms. The van der Waals surface area contributed by atoms with Gasteiger partial charge in [0, 0.05) is 12.7 Å². The minimum atomic E-state index is -0.418. The summed E-state index contributed by atoms with van der Waals surface area (Å²) in [5, 5.41) is 9.50. The fraction of sp³-hybridized carbons (Fsp3) is 0.750. The number of unbranched alkanes of at least 4 members (excludes halogenated alkanes) is 1. The Morgan fingerprint density at radius 3 is 2.65 bits per heavy atom. The van der Waals surface area contributed by atoms with Crippen molar-refractivity contribution in [1.82, 2.24) is 0 Å². The van der Waals surface area contributed by atoms with Gasteiger partial charge >= 0.3 is 5.97 Å². The van der Waals surface area contributed by atoms with E-state index in [0.29, 0.717) is 26.4 Å². The third kappa shape index (κ3) is 11.4. The molecular formula is C12H24NO4+. The lowest BCUT2D eigenvalue weighted by atomic mass is 10.3. The Bertz CT molecular complexity index is 219. The second kappa shape index (κ2) is 10.3. The zero-order valence-corrected chi connectivity index (χ0v) is 10.8. The fourth-order valence-corrected chi connectivity index (χ4v) is 1.29. The molecule has 0 aromatic carbocycles. The van der Waals surface area contributed by atoms with Gasteiger partial charge in [-0.1, -0.05) is 6.58 Å². The summed E-state index contributed by atoms with van der Waals surface area (Å²) in [6.07, 6.45) is 2.30. The van der Waals surface area contributed by atoms with E-state index in [4.69, 9.17) is 9.47 Å². The molecule has 5 heteroatoms. The smallest absolute Gasteiger partial charge is 0.330 e. The second-order valence-electron chi connectivity index (χ2n) is 4.22. The van der Waals surface area contributed by atoms with Crippen LogP contribution in [0.3, 0.4) is 0 Å². The maximum Gasteiger partial charge on any atom is 0.330 e. The van der Waals surface area contributed by atoms with E-state index < -0.39 is 12.1 Å². The van der Waals surface area contributed by atoms with Gasteiger partial charge in [0.25, 0.3) is 0 Å². The first kappa shape index (κ1) is 16.1. The van der Waals surface area contributed by atoms with Gasteiger partial charge in [-0.05, 0) is 12.8 Å². The molecular weight excluding hydrogens is 222 g/mol. The van der Waals surface area contributed by atoms with Crippen LogP contribution in [0.4, 0.5) is 0 Å². The average Bonchev–Trinajstić information content (AvgIpc) is 2.26. The molecule has 0 aliphatic carbocycles. The number of carbonyl (C=O) groups excluding carboxylic acids is 1. The van der Waals surface area contributed by atoms with Crippen molar-refractivity contribution in [3.05, 3.63) is 12.7 Å². The van der Waals surface area contributed by atoms with E-state index >= 15 is 0 Å². The summed E-state index contributed by atoms with van der Waals surface area (Å²) in [6, 6.07) is 0. The lowest BCUT2D eigenvalue weighted by Crippen LogP contribution is -3.07. The van der Waals surface area contributed by atoms with Gasteiger partial charge in [-0.2, -0.15) is 0 Å². The highest BCUT2D eigenvalue weighted by Crippen LogP contribution is 1.93. The van der Waals surface area contributed by atoms with Crippen LogP contribution in [0, 0.1) is 0 Å². The Morgan fingerprint density at radius 2 is 2.06 bits per heavy atom. The van der Waals surface area contributed by atoms with E-state index in [9.17, 15) is 9.90 Å². The molecule has 0 rings (SSSR count). The quantitative estimate of drug-likeness (QED) is 0.295. The fourth-order valence-electron chi connectivity index (χ4n) is 1.29. The molecule has 0 aliphatic rings. The molecule has 0 aromatic heterocycles. The van der Waals surface area contributed by atoms with Crippen LogP contribution < -0.4 is 4.90 Å². The van der Waals surface area contributed by atoms with E-state index in [1.54, 1.807) is 0 Å². The topological polar surface area (TPSA) is 60.2 Å². The second-order valence-corrected chi connectivity index (χ2v) is 4.22. The number of esters is 1. The van der Waals surface area contributed by atoms with E-state index in [0.717, 1.165) is 18.9 Å². The molecule has 0 saturated carbocycles. The predicted molar refractivity (Wildman–Crippen MR) is 64.9 cm³/mol. The predicted octanol–water partition coefficient (Wildman–Crippen LogP) is -0.982. The summed E-state index contributed by atoms with van der Waals surface area (Å²) < 4.78 is 10.1. The number of hydrogen-bond donors (Lipinski definition) is 2. The van der Waals surface area contributed by atoms with Crippen molar-refractivity contribution in [2.75, 3.05) is 40.5 Å². The van der Waals surface area contributed by atoms with Crippen LogP contribution in [0.2, 0.25) is 0 Å². The van der Waals surface area contributed by atoms with Crippen molar-refractivity contribution in [2.24, 2.45) is 0 Å².